The van der Waals surface area contributed by atoms with Crippen molar-refractivity contribution in [3.05, 3.63) is 64.7 Å². The van der Waals surface area contributed by atoms with Crippen molar-refractivity contribution < 1.29 is 4.39 Å². The average molecular weight is 230 g/mol. The topological polar surface area (TPSA) is 38.9 Å². The van der Waals surface area contributed by atoms with Gasteiger partial charge >= 0.3 is 0 Å². The van der Waals surface area contributed by atoms with Crippen LogP contribution in [0, 0.1) is 19.7 Å². The van der Waals surface area contributed by atoms with E-state index < -0.39 is 0 Å². The Balaban J connectivity index is 2.40. The normalized spacial score (nSPS) is 12.5. The van der Waals surface area contributed by atoms with Gasteiger partial charge in [0.25, 0.3) is 0 Å². The fourth-order valence-corrected chi connectivity index (χ4v) is 1.92. The molecule has 0 aliphatic rings. The Labute approximate surface area is 100 Å². The van der Waals surface area contributed by atoms with Crippen LogP contribution in [0.4, 0.5) is 4.39 Å². The van der Waals surface area contributed by atoms with Crippen LogP contribution in [-0.2, 0) is 0 Å². The first-order chi connectivity index (χ1) is 8.08. The van der Waals surface area contributed by atoms with E-state index in [1.807, 2.05) is 19.9 Å². The average Bonchev–Trinajstić information content (AvgIpc) is 2.28. The van der Waals surface area contributed by atoms with E-state index in [1.165, 1.54) is 12.1 Å². The SMILES string of the molecule is Cc1cncc(C(N)c2ccc(F)cc2C)c1. The van der Waals surface area contributed by atoms with E-state index in [4.69, 9.17) is 5.73 Å². The van der Waals surface area contributed by atoms with Gasteiger partial charge in [-0.1, -0.05) is 12.1 Å². The number of rotatable bonds is 2. The van der Waals surface area contributed by atoms with Crippen molar-refractivity contribution in [2.24, 2.45) is 5.73 Å². The zero-order chi connectivity index (χ0) is 12.4. The standard InChI is InChI=1S/C14H15FN2/c1-9-5-11(8-17-7-9)14(16)13-4-3-12(15)6-10(13)2/h3-8,14H,16H2,1-2H3. The minimum atomic E-state index is -0.261. The molecule has 2 aromatic rings. The molecule has 1 aromatic heterocycles. The lowest BCUT2D eigenvalue weighted by molar-refractivity contribution is 0.624. The molecule has 0 saturated heterocycles. The molecule has 0 aliphatic carbocycles. The zero-order valence-corrected chi connectivity index (χ0v) is 9.94. The van der Waals surface area contributed by atoms with E-state index >= 15 is 0 Å². The van der Waals surface area contributed by atoms with Crippen LogP contribution in [0.25, 0.3) is 0 Å². The van der Waals surface area contributed by atoms with Gasteiger partial charge in [0, 0.05) is 12.4 Å². The molecule has 1 atom stereocenters. The van der Waals surface area contributed by atoms with Crippen LogP contribution in [0.3, 0.4) is 0 Å². The fourth-order valence-electron chi connectivity index (χ4n) is 1.92. The molecule has 0 spiro atoms. The molecular formula is C14H15FN2. The van der Waals surface area contributed by atoms with Crippen molar-refractivity contribution >= 4 is 0 Å². The van der Waals surface area contributed by atoms with Crippen molar-refractivity contribution in [2.75, 3.05) is 0 Å². The van der Waals surface area contributed by atoms with Crippen molar-refractivity contribution in [1.82, 2.24) is 4.98 Å². The number of hydrogen-bond donors (Lipinski definition) is 1. The van der Waals surface area contributed by atoms with E-state index in [2.05, 4.69) is 4.98 Å². The summed E-state index contributed by atoms with van der Waals surface area (Å²) < 4.78 is 13.0. The van der Waals surface area contributed by atoms with Gasteiger partial charge in [0.15, 0.2) is 0 Å². The molecule has 0 radical (unpaired) electrons. The van der Waals surface area contributed by atoms with Crippen LogP contribution in [0.2, 0.25) is 0 Å². The quantitative estimate of drug-likeness (QED) is 0.861. The fraction of sp³-hybridized carbons (Fsp3) is 0.214. The van der Waals surface area contributed by atoms with Gasteiger partial charge in [-0.25, -0.2) is 4.39 Å². The predicted molar refractivity (Wildman–Crippen MR) is 66.1 cm³/mol. The number of benzene rings is 1. The lowest BCUT2D eigenvalue weighted by atomic mass is 9.96. The van der Waals surface area contributed by atoms with E-state index in [-0.39, 0.29) is 11.9 Å². The Morgan fingerprint density at radius 1 is 1.18 bits per heavy atom. The summed E-state index contributed by atoms with van der Waals surface area (Å²) >= 11 is 0. The second-order valence-electron chi connectivity index (χ2n) is 4.27. The van der Waals surface area contributed by atoms with Crippen LogP contribution >= 0.6 is 0 Å². The predicted octanol–water partition coefficient (Wildman–Crippen LogP) is 2.89. The zero-order valence-electron chi connectivity index (χ0n) is 9.94. The van der Waals surface area contributed by atoms with Gasteiger partial charge in [-0.05, 0) is 48.2 Å². The van der Waals surface area contributed by atoms with Gasteiger partial charge < -0.3 is 5.73 Å². The molecular weight excluding hydrogens is 215 g/mol. The maximum absolute atomic E-state index is 13.0. The van der Waals surface area contributed by atoms with Gasteiger partial charge in [0.1, 0.15) is 5.82 Å². The maximum atomic E-state index is 13.0. The Morgan fingerprint density at radius 2 is 1.94 bits per heavy atom. The molecule has 88 valence electrons. The minimum absolute atomic E-state index is 0.235. The van der Waals surface area contributed by atoms with Crippen LogP contribution in [0.1, 0.15) is 28.3 Å². The Hall–Kier alpha value is -1.74. The number of nitrogens with two attached hydrogens (primary N) is 1. The first kappa shape index (κ1) is 11.7. The molecule has 2 nitrogen and oxygen atoms in total. The highest BCUT2D eigenvalue weighted by Crippen LogP contribution is 2.23. The molecule has 0 amide bonds. The first-order valence-electron chi connectivity index (χ1n) is 5.51. The van der Waals surface area contributed by atoms with Crippen LogP contribution < -0.4 is 5.73 Å². The molecule has 3 heteroatoms. The molecule has 0 saturated carbocycles. The summed E-state index contributed by atoms with van der Waals surface area (Å²) in [5, 5.41) is 0. The third kappa shape index (κ3) is 2.50. The number of nitrogens with zero attached hydrogens (tertiary/aromatic N) is 1. The molecule has 0 fully saturated rings. The third-order valence-corrected chi connectivity index (χ3v) is 2.82. The molecule has 0 bridgehead atoms. The van der Waals surface area contributed by atoms with E-state index in [0.29, 0.717) is 0 Å². The number of aryl methyl sites for hydroxylation is 2. The molecule has 2 N–H and O–H groups in total. The summed E-state index contributed by atoms with van der Waals surface area (Å²) in [7, 11) is 0. The second-order valence-corrected chi connectivity index (χ2v) is 4.27. The summed E-state index contributed by atoms with van der Waals surface area (Å²) in [5.74, 6) is -0.235. The van der Waals surface area contributed by atoms with Crippen molar-refractivity contribution in [3.63, 3.8) is 0 Å². The molecule has 1 unspecified atom stereocenters. The lowest BCUT2D eigenvalue weighted by Gasteiger charge is -2.15. The van der Waals surface area contributed by atoms with Gasteiger partial charge in [-0.2, -0.15) is 0 Å². The summed E-state index contributed by atoms with van der Waals surface area (Å²) in [5.41, 5.74) is 9.97. The highest BCUT2D eigenvalue weighted by molar-refractivity contribution is 5.36. The smallest absolute Gasteiger partial charge is 0.123 e. The highest BCUT2D eigenvalue weighted by Gasteiger charge is 2.12. The van der Waals surface area contributed by atoms with Gasteiger partial charge in [0.05, 0.1) is 6.04 Å². The minimum Gasteiger partial charge on any atom is -0.320 e. The molecule has 0 aliphatic heterocycles. The van der Waals surface area contributed by atoms with E-state index in [9.17, 15) is 4.39 Å². The lowest BCUT2D eigenvalue weighted by Crippen LogP contribution is -2.13. The van der Waals surface area contributed by atoms with Crippen molar-refractivity contribution in [1.29, 1.82) is 0 Å². The van der Waals surface area contributed by atoms with Crippen molar-refractivity contribution in [3.8, 4) is 0 Å². The van der Waals surface area contributed by atoms with E-state index in [0.717, 1.165) is 22.3 Å². The van der Waals surface area contributed by atoms with Gasteiger partial charge in [-0.3, -0.25) is 4.98 Å². The van der Waals surface area contributed by atoms with Crippen LogP contribution in [-0.4, -0.2) is 4.98 Å². The molecule has 1 aromatic carbocycles. The number of aromatic nitrogens is 1. The largest absolute Gasteiger partial charge is 0.320 e. The number of pyridine rings is 1. The summed E-state index contributed by atoms with van der Waals surface area (Å²) in [6.45, 7) is 3.84. The van der Waals surface area contributed by atoms with E-state index in [1.54, 1.807) is 18.5 Å². The highest BCUT2D eigenvalue weighted by atomic mass is 19.1. The maximum Gasteiger partial charge on any atom is 0.123 e. The van der Waals surface area contributed by atoms with Gasteiger partial charge in [-0.15, -0.1) is 0 Å². The third-order valence-electron chi connectivity index (χ3n) is 2.82. The number of hydrogen-bond acceptors (Lipinski definition) is 2. The Morgan fingerprint density at radius 3 is 2.59 bits per heavy atom. The molecule has 1 heterocycles. The Bertz CT molecular complexity index is 537. The summed E-state index contributed by atoms with van der Waals surface area (Å²) in [4.78, 5) is 4.12. The Kier molecular flexibility index (Phi) is 3.20. The van der Waals surface area contributed by atoms with Crippen LogP contribution in [0.15, 0.2) is 36.7 Å². The van der Waals surface area contributed by atoms with Crippen molar-refractivity contribution in [2.45, 2.75) is 19.9 Å². The summed E-state index contributed by atoms with van der Waals surface area (Å²) in [6.07, 6.45) is 3.54. The van der Waals surface area contributed by atoms with Gasteiger partial charge in [0.2, 0.25) is 0 Å². The monoisotopic (exact) mass is 230 g/mol. The first-order valence-corrected chi connectivity index (χ1v) is 5.51. The summed E-state index contributed by atoms with van der Waals surface area (Å²) in [6, 6.07) is 6.41. The molecule has 17 heavy (non-hydrogen) atoms. The number of halogens is 1. The molecule has 2 rings (SSSR count). The van der Waals surface area contributed by atoms with Crippen LogP contribution in [0.5, 0.6) is 0 Å². The second kappa shape index (κ2) is 4.63.